The lowest BCUT2D eigenvalue weighted by Crippen LogP contribution is -2.29. The van der Waals surface area contributed by atoms with E-state index in [9.17, 15) is 9.18 Å². The van der Waals surface area contributed by atoms with Crippen LogP contribution in [0.3, 0.4) is 0 Å². The molecular weight excluding hydrogens is 407 g/mol. The van der Waals surface area contributed by atoms with Crippen molar-refractivity contribution in [2.75, 3.05) is 13.7 Å². The van der Waals surface area contributed by atoms with Crippen molar-refractivity contribution in [2.24, 2.45) is 0 Å². The number of para-hydroxylation sites is 1. The molecule has 4 rings (SSSR count). The fourth-order valence-corrected chi connectivity index (χ4v) is 3.46. The number of hydrogen-bond donors (Lipinski definition) is 1. The maximum atomic E-state index is 13.3. The number of aromatic nitrogens is 3. The van der Waals surface area contributed by atoms with Gasteiger partial charge in [0.1, 0.15) is 11.6 Å². The van der Waals surface area contributed by atoms with Crippen molar-refractivity contribution in [1.29, 1.82) is 0 Å². The number of benzene rings is 2. The minimum Gasteiger partial charge on any atom is -0.496 e. The molecule has 162 valence electrons. The summed E-state index contributed by atoms with van der Waals surface area (Å²) in [5.74, 6) is 0.298. The van der Waals surface area contributed by atoms with Crippen LogP contribution in [0.15, 0.2) is 79.0 Å². The van der Waals surface area contributed by atoms with Crippen LogP contribution in [-0.4, -0.2) is 34.3 Å². The number of pyridine rings is 1. The van der Waals surface area contributed by atoms with E-state index in [2.05, 4.69) is 15.4 Å². The zero-order chi connectivity index (χ0) is 22.3. The average molecular weight is 430 g/mol. The van der Waals surface area contributed by atoms with Crippen LogP contribution in [0.5, 0.6) is 5.75 Å². The van der Waals surface area contributed by atoms with Gasteiger partial charge in [-0.05, 0) is 48.5 Å². The summed E-state index contributed by atoms with van der Waals surface area (Å²) in [6.07, 6.45) is 1.95. The summed E-state index contributed by atoms with van der Waals surface area (Å²) in [6, 6.07) is 21.3. The SMILES string of the molecule is COc1ccccc1CC(=O)NCCn1nc(-c2ccc(F)cc2)cc1-c1ccccn1. The summed E-state index contributed by atoms with van der Waals surface area (Å²) in [7, 11) is 1.59. The molecule has 2 aromatic carbocycles. The Morgan fingerprint density at radius 3 is 2.56 bits per heavy atom. The van der Waals surface area contributed by atoms with Crippen LogP contribution < -0.4 is 10.1 Å². The number of amides is 1. The fourth-order valence-electron chi connectivity index (χ4n) is 3.46. The second kappa shape index (κ2) is 9.87. The van der Waals surface area contributed by atoms with Crippen LogP contribution in [0, 0.1) is 5.82 Å². The monoisotopic (exact) mass is 430 g/mol. The molecule has 0 saturated carbocycles. The van der Waals surface area contributed by atoms with Crippen molar-refractivity contribution >= 4 is 5.91 Å². The van der Waals surface area contributed by atoms with E-state index in [1.165, 1.54) is 12.1 Å². The number of nitrogens with zero attached hydrogens (tertiary/aromatic N) is 3. The van der Waals surface area contributed by atoms with Crippen LogP contribution in [0.25, 0.3) is 22.6 Å². The molecule has 1 amide bonds. The Morgan fingerprint density at radius 2 is 1.81 bits per heavy atom. The first-order valence-electron chi connectivity index (χ1n) is 10.3. The van der Waals surface area contributed by atoms with Gasteiger partial charge in [0.05, 0.1) is 37.2 Å². The predicted octanol–water partition coefficient (Wildman–Crippen LogP) is 4.12. The smallest absolute Gasteiger partial charge is 0.224 e. The van der Waals surface area contributed by atoms with Crippen molar-refractivity contribution in [3.8, 4) is 28.4 Å². The summed E-state index contributed by atoms with van der Waals surface area (Å²) in [6.45, 7) is 0.864. The number of nitrogens with one attached hydrogen (secondary N) is 1. The first kappa shape index (κ1) is 21.2. The number of rotatable bonds is 8. The maximum Gasteiger partial charge on any atom is 0.224 e. The molecule has 0 spiro atoms. The van der Waals surface area contributed by atoms with Crippen LogP contribution >= 0.6 is 0 Å². The van der Waals surface area contributed by atoms with Crippen molar-refractivity contribution in [3.63, 3.8) is 0 Å². The third-order valence-corrected chi connectivity index (χ3v) is 5.04. The molecule has 2 heterocycles. The molecule has 32 heavy (non-hydrogen) atoms. The van der Waals surface area contributed by atoms with Gasteiger partial charge in [-0.15, -0.1) is 0 Å². The number of hydrogen-bond acceptors (Lipinski definition) is 4. The summed E-state index contributed by atoms with van der Waals surface area (Å²) < 4.78 is 20.4. The van der Waals surface area contributed by atoms with Crippen molar-refractivity contribution in [1.82, 2.24) is 20.1 Å². The highest BCUT2D eigenvalue weighted by molar-refractivity contribution is 5.79. The van der Waals surface area contributed by atoms with Crippen molar-refractivity contribution < 1.29 is 13.9 Å². The zero-order valence-corrected chi connectivity index (χ0v) is 17.7. The quantitative estimate of drug-likeness (QED) is 0.457. The summed E-state index contributed by atoms with van der Waals surface area (Å²) in [4.78, 5) is 16.9. The number of carbonyl (C=O) groups excluding carboxylic acids is 1. The normalized spacial score (nSPS) is 10.7. The average Bonchev–Trinajstić information content (AvgIpc) is 3.24. The molecule has 0 fully saturated rings. The van der Waals surface area contributed by atoms with E-state index < -0.39 is 0 Å². The lowest BCUT2D eigenvalue weighted by molar-refractivity contribution is -0.120. The van der Waals surface area contributed by atoms with Crippen LogP contribution in [0.4, 0.5) is 4.39 Å². The van der Waals surface area contributed by atoms with Gasteiger partial charge in [0.15, 0.2) is 0 Å². The van der Waals surface area contributed by atoms with Crippen LogP contribution in [-0.2, 0) is 17.8 Å². The topological polar surface area (TPSA) is 69.0 Å². The largest absolute Gasteiger partial charge is 0.496 e. The van der Waals surface area contributed by atoms with Crippen molar-refractivity contribution in [2.45, 2.75) is 13.0 Å². The summed E-state index contributed by atoms with van der Waals surface area (Å²) in [5.41, 5.74) is 3.95. The highest BCUT2D eigenvalue weighted by Gasteiger charge is 2.13. The second-order valence-corrected chi connectivity index (χ2v) is 7.20. The van der Waals surface area contributed by atoms with Gasteiger partial charge >= 0.3 is 0 Å². The number of halogens is 1. The first-order valence-corrected chi connectivity index (χ1v) is 10.3. The Morgan fingerprint density at radius 1 is 1.03 bits per heavy atom. The maximum absolute atomic E-state index is 13.3. The number of carbonyl (C=O) groups is 1. The highest BCUT2D eigenvalue weighted by atomic mass is 19.1. The molecule has 0 aliphatic carbocycles. The molecule has 0 radical (unpaired) electrons. The van der Waals surface area contributed by atoms with E-state index in [1.807, 2.05) is 53.2 Å². The molecule has 0 aliphatic heterocycles. The van der Waals surface area contributed by atoms with Gasteiger partial charge in [-0.3, -0.25) is 14.5 Å². The lowest BCUT2D eigenvalue weighted by Gasteiger charge is -2.10. The minimum atomic E-state index is -0.295. The molecule has 6 nitrogen and oxygen atoms in total. The molecule has 0 atom stereocenters. The molecule has 0 aliphatic rings. The van der Waals surface area contributed by atoms with Gasteiger partial charge in [0.25, 0.3) is 0 Å². The summed E-state index contributed by atoms with van der Waals surface area (Å²) >= 11 is 0. The highest BCUT2D eigenvalue weighted by Crippen LogP contribution is 2.25. The minimum absolute atomic E-state index is 0.0974. The first-order chi connectivity index (χ1) is 15.6. The Bertz CT molecular complexity index is 1190. The van der Waals surface area contributed by atoms with Gasteiger partial charge in [-0.2, -0.15) is 5.10 Å². The lowest BCUT2D eigenvalue weighted by atomic mass is 10.1. The molecule has 0 unspecified atom stereocenters. The molecule has 0 bridgehead atoms. The van der Waals surface area contributed by atoms with Gasteiger partial charge in [-0.1, -0.05) is 24.3 Å². The Hall–Kier alpha value is -4.00. The van der Waals surface area contributed by atoms with E-state index in [4.69, 9.17) is 4.74 Å². The third-order valence-electron chi connectivity index (χ3n) is 5.04. The standard InChI is InChI=1S/C25H23FN4O2/c1-32-24-8-3-2-6-19(24)16-25(31)28-14-15-30-23(21-7-4-5-13-27-21)17-22(29-30)18-9-11-20(26)12-10-18/h2-13,17H,14-16H2,1H3,(H,28,31). The van der Waals surface area contributed by atoms with Crippen LogP contribution in [0.1, 0.15) is 5.56 Å². The third kappa shape index (κ3) is 5.00. The molecule has 4 aromatic rings. The zero-order valence-electron chi connectivity index (χ0n) is 17.7. The molecule has 2 aromatic heterocycles. The Balaban J connectivity index is 1.48. The van der Waals surface area contributed by atoms with E-state index >= 15 is 0 Å². The van der Waals surface area contributed by atoms with Gasteiger partial charge < -0.3 is 10.1 Å². The van der Waals surface area contributed by atoms with Crippen molar-refractivity contribution in [3.05, 3.63) is 90.4 Å². The number of methoxy groups -OCH3 is 1. The molecule has 1 N–H and O–H groups in total. The van der Waals surface area contributed by atoms with E-state index in [0.717, 1.165) is 22.5 Å². The summed E-state index contributed by atoms with van der Waals surface area (Å²) in [5, 5.41) is 7.62. The van der Waals surface area contributed by atoms with Gasteiger partial charge in [0.2, 0.25) is 5.91 Å². The van der Waals surface area contributed by atoms with E-state index in [-0.39, 0.29) is 18.1 Å². The fraction of sp³-hybridized carbons (Fsp3) is 0.160. The van der Waals surface area contributed by atoms with Gasteiger partial charge in [0, 0.05) is 23.9 Å². The number of ether oxygens (including phenoxy) is 1. The molecular formula is C25H23FN4O2. The van der Waals surface area contributed by atoms with Crippen LogP contribution in [0.2, 0.25) is 0 Å². The Kier molecular flexibility index (Phi) is 6.55. The van der Waals surface area contributed by atoms with E-state index in [0.29, 0.717) is 24.5 Å². The second-order valence-electron chi connectivity index (χ2n) is 7.20. The predicted molar refractivity (Wildman–Crippen MR) is 121 cm³/mol. The molecule has 0 saturated heterocycles. The molecule has 7 heteroatoms. The Labute approximate surface area is 185 Å². The van der Waals surface area contributed by atoms with E-state index in [1.54, 1.807) is 25.4 Å². The van der Waals surface area contributed by atoms with Gasteiger partial charge in [-0.25, -0.2) is 4.39 Å².